The van der Waals surface area contributed by atoms with Crippen LogP contribution in [0.2, 0.25) is 0 Å². The molecule has 0 radical (unpaired) electrons. The Labute approximate surface area is 162 Å². The molecule has 2 aliphatic rings. The number of methoxy groups -OCH3 is 1. The lowest BCUT2D eigenvalue weighted by Gasteiger charge is -2.34. The average Bonchev–Trinajstić information content (AvgIpc) is 3.53. The molecule has 1 saturated heterocycles. The van der Waals surface area contributed by atoms with Crippen molar-refractivity contribution < 1.29 is 14.3 Å². The van der Waals surface area contributed by atoms with E-state index in [1.807, 2.05) is 0 Å². The van der Waals surface area contributed by atoms with Crippen molar-refractivity contribution in [1.29, 1.82) is 0 Å². The summed E-state index contributed by atoms with van der Waals surface area (Å²) in [5, 5.41) is 3.27. The first-order valence-electron chi connectivity index (χ1n) is 10.3. The molecule has 1 aliphatic heterocycles. The van der Waals surface area contributed by atoms with Crippen LogP contribution in [0, 0.1) is 0 Å². The summed E-state index contributed by atoms with van der Waals surface area (Å²) in [5.74, 6) is 0.119. The predicted molar refractivity (Wildman–Crippen MR) is 105 cm³/mol. The molecule has 6 nitrogen and oxygen atoms in total. The van der Waals surface area contributed by atoms with Crippen LogP contribution in [0.3, 0.4) is 0 Å². The van der Waals surface area contributed by atoms with Gasteiger partial charge in [0, 0.05) is 44.2 Å². The number of morpholine rings is 1. The summed E-state index contributed by atoms with van der Waals surface area (Å²) in [6.07, 6.45) is 4.55. The van der Waals surface area contributed by atoms with Gasteiger partial charge in [-0.1, -0.05) is 6.92 Å². The molecule has 1 amide bonds. The Morgan fingerprint density at radius 1 is 1.41 bits per heavy atom. The van der Waals surface area contributed by atoms with Crippen molar-refractivity contribution >= 4 is 5.91 Å². The monoisotopic (exact) mass is 375 g/mol. The van der Waals surface area contributed by atoms with E-state index in [9.17, 15) is 4.79 Å². The number of carbonyl (C=O) groups excluding carboxylic acids is 1. The molecular weight excluding hydrogens is 342 g/mol. The normalized spacial score (nSPS) is 21.1. The van der Waals surface area contributed by atoms with Crippen LogP contribution >= 0.6 is 0 Å². The van der Waals surface area contributed by atoms with Gasteiger partial charge in [-0.2, -0.15) is 0 Å². The molecule has 0 aromatic carbocycles. The largest absolute Gasteiger partial charge is 0.385 e. The summed E-state index contributed by atoms with van der Waals surface area (Å²) in [7, 11) is 1.73. The summed E-state index contributed by atoms with van der Waals surface area (Å²) < 4.78 is 10.9. The third-order valence-corrected chi connectivity index (χ3v) is 5.39. The van der Waals surface area contributed by atoms with Gasteiger partial charge < -0.3 is 19.7 Å². The van der Waals surface area contributed by atoms with Gasteiger partial charge in [0.25, 0.3) is 5.91 Å². The highest BCUT2D eigenvalue weighted by Gasteiger charge is 2.40. The Morgan fingerprint density at radius 3 is 2.81 bits per heavy atom. The molecule has 0 bridgehead atoms. The topological polar surface area (TPSA) is 63.7 Å². The fourth-order valence-corrected chi connectivity index (χ4v) is 3.71. The lowest BCUT2D eigenvalue weighted by atomic mass is 10.0. The number of amides is 1. The summed E-state index contributed by atoms with van der Waals surface area (Å²) >= 11 is 0. The second-order valence-electron chi connectivity index (χ2n) is 7.55. The van der Waals surface area contributed by atoms with Gasteiger partial charge in [-0.15, -0.1) is 0 Å². The Hall–Kier alpha value is -1.50. The van der Waals surface area contributed by atoms with Crippen molar-refractivity contribution in [3.8, 4) is 0 Å². The fourth-order valence-electron chi connectivity index (χ4n) is 3.71. The van der Waals surface area contributed by atoms with Crippen LogP contribution in [0.1, 0.15) is 56.1 Å². The second kappa shape index (κ2) is 9.62. The summed E-state index contributed by atoms with van der Waals surface area (Å²) in [6.45, 7) is 7.02. The maximum Gasteiger partial charge on any atom is 0.253 e. The van der Waals surface area contributed by atoms with E-state index < -0.39 is 0 Å². The minimum absolute atomic E-state index is 0.0324. The highest BCUT2D eigenvalue weighted by molar-refractivity contribution is 5.82. The van der Waals surface area contributed by atoms with Crippen molar-refractivity contribution in [3.05, 3.63) is 29.1 Å². The number of nitrogens with one attached hydrogen (secondary N) is 1. The number of nitrogens with zero attached hydrogens (tertiary/aromatic N) is 2. The van der Waals surface area contributed by atoms with Crippen molar-refractivity contribution in [2.24, 2.45) is 0 Å². The first kappa shape index (κ1) is 20.2. The van der Waals surface area contributed by atoms with Gasteiger partial charge in [0.05, 0.1) is 12.6 Å². The Morgan fingerprint density at radius 2 is 2.19 bits per heavy atom. The smallest absolute Gasteiger partial charge is 0.253 e. The molecule has 1 N–H and O–H groups in total. The number of carbonyl (C=O) groups is 1. The van der Waals surface area contributed by atoms with E-state index in [1.165, 1.54) is 5.56 Å². The summed E-state index contributed by atoms with van der Waals surface area (Å²) in [6, 6.07) is 4.70. The number of rotatable bonds is 9. The number of ether oxygens (including phenoxy) is 2. The van der Waals surface area contributed by atoms with Crippen LogP contribution in [0.4, 0.5) is 0 Å². The molecule has 1 saturated carbocycles. The molecule has 6 heteroatoms. The van der Waals surface area contributed by atoms with Crippen molar-refractivity contribution in [2.45, 2.75) is 64.1 Å². The average molecular weight is 376 g/mol. The number of pyridine rings is 1. The van der Waals surface area contributed by atoms with E-state index in [0.717, 1.165) is 56.6 Å². The number of aryl methyl sites for hydroxylation is 2. The molecule has 1 aromatic rings. The molecule has 1 aliphatic carbocycles. The minimum Gasteiger partial charge on any atom is -0.385 e. The van der Waals surface area contributed by atoms with Gasteiger partial charge in [0.2, 0.25) is 0 Å². The van der Waals surface area contributed by atoms with Crippen LogP contribution in [0.5, 0.6) is 0 Å². The minimum atomic E-state index is -0.365. The Kier molecular flexibility index (Phi) is 7.21. The van der Waals surface area contributed by atoms with Crippen LogP contribution in [-0.4, -0.2) is 61.3 Å². The summed E-state index contributed by atoms with van der Waals surface area (Å²) in [4.78, 5) is 20.0. The zero-order valence-electron chi connectivity index (χ0n) is 16.9. The summed E-state index contributed by atoms with van der Waals surface area (Å²) in [5.41, 5.74) is 3.36. The van der Waals surface area contributed by atoms with E-state index >= 15 is 0 Å². The highest BCUT2D eigenvalue weighted by Crippen LogP contribution is 2.35. The molecule has 2 atom stereocenters. The van der Waals surface area contributed by atoms with E-state index in [0.29, 0.717) is 19.2 Å². The lowest BCUT2D eigenvalue weighted by Crippen LogP contribution is -2.50. The standard InChI is InChI=1S/C21H33N3O3/c1-4-17-12-16(13-18(23-17)6-5-10-26-3)15(2)24(19-7-8-19)21(25)20-14-22-9-11-27-20/h12-13,15,19-20,22H,4-11,14H2,1-3H3/t15-,20-/m1/s1. The quantitative estimate of drug-likeness (QED) is 0.671. The third-order valence-electron chi connectivity index (χ3n) is 5.39. The third kappa shape index (κ3) is 5.27. The van der Waals surface area contributed by atoms with Crippen molar-refractivity contribution in [3.63, 3.8) is 0 Å². The van der Waals surface area contributed by atoms with E-state index in [4.69, 9.17) is 14.5 Å². The van der Waals surface area contributed by atoms with E-state index in [-0.39, 0.29) is 18.1 Å². The number of hydrogen-bond acceptors (Lipinski definition) is 5. The van der Waals surface area contributed by atoms with E-state index in [1.54, 1.807) is 7.11 Å². The highest BCUT2D eigenvalue weighted by atomic mass is 16.5. The molecule has 3 rings (SSSR count). The maximum atomic E-state index is 13.2. The lowest BCUT2D eigenvalue weighted by molar-refractivity contribution is -0.148. The number of hydrogen-bond donors (Lipinski definition) is 1. The van der Waals surface area contributed by atoms with Gasteiger partial charge in [-0.05, 0) is 56.7 Å². The molecule has 0 unspecified atom stereocenters. The van der Waals surface area contributed by atoms with Gasteiger partial charge in [-0.25, -0.2) is 0 Å². The molecule has 2 fully saturated rings. The van der Waals surface area contributed by atoms with Gasteiger partial charge in [-0.3, -0.25) is 9.78 Å². The molecule has 150 valence electrons. The van der Waals surface area contributed by atoms with Gasteiger partial charge in [0.1, 0.15) is 6.10 Å². The molecule has 1 aromatic heterocycles. The first-order chi connectivity index (χ1) is 13.1. The Balaban J connectivity index is 1.79. The van der Waals surface area contributed by atoms with E-state index in [2.05, 4.69) is 36.2 Å². The molecule has 2 heterocycles. The van der Waals surface area contributed by atoms with Gasteiger partial charge >= 0.3 is 0 Å². The van der Waals surface area contributed by atoms with Gasteiger partial charge in [0.15, 0.2) is 0 Å². The maximum absolute atomic E-state index is 13.2. The fraction of sp³-hybridized carbons (Fsp3) is 0.714. The SMILES string of the molecule is CCc1cc([C@@H](C)N(C(=O)[C@H]2CNCCO2)C2CC2)cc(CCCOC)n1. The molecule has 0 spiro atoms. The molecule has 27 heavy (non-hydrogen) atoms. The first-order valence-corrected chi connectivity index (χ1v) is 10.3. The van der Waals surface area contributed by atoms with Crippen molar-refractivity contribution in [2.75, 3.05) is 33.4 Å². The zero-order chi connectivity index (χ0) is 19.2. The molecular formula is C21H33N3O3. The Bertz CT molecular complexity index is 627. The van der Waals surface area contributed by atoms with Crippen molar-refractivity contribution in [1.82, 2.24) is 15.2 Å². The predicted octanol–water partition coefficient (Wildman–Crippen LogP) is 2.26. The van der Waals surface area contributed by atoms with Crippen LogP contribution in [-0.2, 0) is 27.1 Å². The van der Waals surface area contributed by atoms with Crippen LogP contribution in [0.25, 0.3) is 0 Å². The zero-order valence-corrected chi connectivity index (χ0v) is 16.9. The van der Waals surface area contributed by atoms with Crippen LogP contribution in [0.15, 0.2) is 12.1 Å². The number of aromatic nitrogens is 1. The second-order valence-corrected chi connectivity index (χ2v) is 7.55. The van der Waals surface area contributed by atoms with Crippen LogP contribution < -0.4 is 5.32 Å².